The lowest BCUT2D eigenvalue weighted by Crippen LogP contribution is -1.74. The van der Waals surface area contributed by atoms with Crippen LogP contribution in [0.15, 0.2) is 73.1 Å². The fourth-order valence-corrected chi connectivity index (χ4v) is 1.80. The quantitative estimate of drug-likeness (QED) is 0.470. The highest BCUT2D eigenvalue weighted by Crippen LogP contribution is 2.11. The van der Waals surface area contributed by atoms with Crippen LogP contribution in [-0.4, -0.2) is 4.98 Å². The number of hydrogen-bond donors (Lipinski definition) is 0. The van der Waals surface area contributed by atoms with Gasteiger partial charge >= 0.3 is 0 Å². The molecular weight excluding hydrogens is 302 g/mol. The topological polar surface area (TPSA) is 12.9 Å². The number of aryl methyl sites for hydroxylation is 4. The number of aromatic nitrogens is 1. The van der Waals surface area contributed by atoms with Crippen LogP contribution < -0.4 is 0 Å². The minimum Gasteiger partial charge on any atom is -0.264 e. The van der Waals surface area contributed by atoms with Crippen LogP contribution in [-0.2, 0) is 0 Å². The average Bonchev–Trinajstić information content (AvgIpc) is 2.55. The Balaban J connectivity index is 0.000000173. The largest absolute Gasteiger partial charge is 0.264 e. The van der Waals surface area contributed by atoms with E-state index in [0.717, 1.165) is 10.6 Å². The number of hydrogen-bond acceptors (Lipinski definition) is 1. The summed E-state index contributed by atoms with van der Waals surface area (Å²) in [7, 11) is 0. The molecule has 1 aromatic heterocycles. The molecule has 2 aromatic carbocycles. The van der Waals surface area contributed by atoms with E-state index in [1.54, 1.807) is 6.20 Å². The van der Waals surface area contributed by atoms with Crippen LogP contribution in [0.3, 0.4) is 0 Å². The van der Waals surface area contributed by atoms with E-state index in [-0.39, 0.29) is 0 Å². The highest BCUT2D eigenvalue weighted by atomic mass is 35.5. The molecule has 0 bridgehead atoms. The number of rotatable bonds is 0. The molecule has 0 aliphatic heterocycles. The van der Waals surface area contributed by atoms with Crippen molar-refractivity contribution in [1.29, 1.82) is 0 Å². The van der Waals surface area contributed by atoms with Gasteiger partial charge in [-0.1, -0.05) is 60.1 Å². The van der Waals surface area contributed by atoms with Crippen molar-refractivity contribution in [2.24, 2.45) is 0 Å². The van der Waals surface area contributed by atoms with Crippen molar-refractivity contribution in [2.75, 3.05) is 0 Å². The SMILES string of the molecule is Cc1ccccc1C.Cc1ccccc1Cl.Cc1cccnc1. The van der Waals surface area contributed by atoms with Crippen molar-refractivity contribution in [2.45, 2.75) is 27.7 Å². The van der Waals surface area contributed by atoms with Crippen molar-refractivity contribution in [3.05, 3.63) is 100 Å². The summed E-state index contributed by atoms with van der Waals surface area (Å²) in [5.74, 6) is 0. The predicted octanol–water partition coefficient (Wildman–Crippen LogP) is 6.34. The molecule has 120 valence electrons. The van der Waals surface area contributed by atoms with Gasteiger partial charge in [0.2, 0.25) is 0 Å². The number of nitrogens with zero attached hydrogens (tertiary/aromatic N) is 1. The van der Waals surface area contributed by atoms with Gasteiger partial charge in [0.1, 0.15) is 0 Å². The van der Waals surface area contributed by atoms with Gasteiger partial charge in [-0.15, -0.1) is 0 Å². The molecule has 0 saturated heterocycles. The molecule has 0 saturated carbocycles. The first-order valence-electron chi connectivity index (χ1n) is 7.60. The van der Waals surface area contributed by atoms with E-state index >= 15 is 0 Å². The van der Waals surface area contributed by atoms with E-state index in [1.165, 1.54) is 16.7 Å². The Morgan fingerprint density at radius 3 is 1.43 bits per heavy atom. The second-order valence-electron chi connectivity index (χ2n) is 5.36. The smallest absolute Gasteiger partial charge is 0.0435 e. The van der Waals surface area contributed by atoms with Gasteiger partial charge in [0, 0.05) is 17.4 Å². The summed E-state index contributed by atoms with van der Waals surface area (Å²) in [6.45, 7) is 8.25. The molecule has 0 spiro atoms. The molecule has 3 rings (SSSR count). The van der Waals surface area contributed by atoms with Crippen LogP contribution in [0.4, 0.5) is 0 Å². The molecule has 0 aliphatic carbocycles. The molecule has 23 heavy (non-hydrogen) atoms. The molecule has 1 nitrogen and oxygen atoms in total. The highest BCUT2D eigenvalue weighted by Gasteiger charge is 1.86. The third kappa shape index (κ3) is 8.18. The molecule has 0 atom stereocenters. The minimum absolute atomic E-state index is 0.840. The Hall–Kier alpha value is -2.12. The van der Waals surface area contributed by atoms with E-state index < -0.39 is 0 Å². The summed E-state index contributed by atoms with van der Waals surface area (Å²) < 4.78 is 0. The lowest BCUT2D eigenvalue weighted by molar-refractivity contribution is 1.27. The van der Waals surface area contributed by atoms with Gasteiger partial charge in [0.15, 0.2) is 0 Å². The molecule has 0 radical (unpaired) electrons. The van der Waals surface area contributed by atoms with Crippen molar-refractivity contribution in [3.63, 3.8) is 0 Å². The number of pyridine rings is 1. The molecule has 0 amide bonds. The summed E-state index contributed by atoms with van der Waals surface area (Å²) in [6, 6.07) is 20.1. The van der Waals surface area contributed by atoms with Gasteiger partial charge in [-0.2, -0.15) is 0 Å². The van der Waals surface area contributed by atoms with Crippen LogP contribution in [0.25, 0.3) is 0 Å². The van der Waals surface area contributed by atoms with Crippen LogP contribution in [0.2, 0.25) is 5.02 Å². The van der Waals surface area contributed by atoms with Gasteiger partial charge in [-0.05, 0) is 62.1 Å². The van der Waals surface area contributed by atoms with Crippen molar-refractivity contribution >= 4 is 11.6 Å². The standard InChI is InChI=1S/C8H10.C7H7Cl.C6H7N/c1-7-5-3-4-6-8(7)2;1-6-4-2-3-5-7(6)8;1-6-3-2-4-7-5-6/h3-6H,1-2H3;2-5H,1H3;2-5H,1H3. The Morgan fingerprint density at radius 2 is 1.17 bits per heavy atom. The Labute approximate surface area is 145 Å². The first-order valence-corrected chi connectivity index (χ1v) is 7.98. The van der Waals surface area contributed by atoms with Gasteiger partial charge in [0.25, 0.3) is 0 Å². The lowest BCUT2D eigenvalue weighted by atomic mass is 10.1. The predicted molar refractivity (Wildman–Crippen MR) is 101 cm³/mol. The third-order valence-corrected chi connectivity index (χ3v) is 3.74. The van der Waals surface area contributed by atoms with E-state index in [2.05, 4.69) is 43.1 Å². The molecule has 0 fully saturated rings. The summed E-state index contributed by atoms with van der Waals surface area (Å²) in [4.78, 5) is 3.88. The third-order valence-electron chi connectivity index (χ3n) is 3.31. The zero-order valence-electron chi connectivity index (χ0n) is 14.3. The van der Waals surface area contributed by atoms with Crippen LogP contribution in [0.5, 0.6) is 0 Å². The summed E-state index contributed by atoms with van der Waals surface area (Å²) in [6.07, 6.45) is 3.60. The first-order chi connectivity index (χ1) is 11.0. The zero-order chi connectivity index (χ0) is 17.1. The zero-order valence-corrected chi connectivity index (χ0v) is 15.0. The molecule has 0 N–H and O–H groups in total. The average molecular weight is 326 g/mol. The lowest BCUT2D eigenvalue weighted by Gasteiger charge is -1.93. The molecular formula is C21H24ClN. The maximum absolute atomic E-state index is 5.71. The molecule has 0 unspecified atom stereocenters. The van der Waals surface area contributed by atoms with Crippen molar-refractivity contribution in [1.82, 2.24) is 4.98 Å². The Kier molecular flexibility index (Phi) is 8.71. The van der Waals surface area contributed by atoms with E-state index in [0.29, 0.717) is 0 Å². The molecule has 1 heterocycles. The van der Waals surface area contributed by atoms with Gasteiger partial charge in [-0.3, -0.25) is 4.98 Å². The molecule has 0 aliphatic rings. The van der Waals surface area contributed by atoms with Crippen LogP contribution >= 0.6 is 11.6 Å². The summed E-state index contributed by atoms with van der Waals surface area (Å²) >= 11 is 5.71. The van der Waals surface area contributed by atoms with Gasteiger partial charge in [0.05, 0.1) is 0 Å². The monoisotopic (exact) mass is 325 g/mol. The minimum atomic E-state index is 0.840. The fourth-order valence-electron chi connectivity index (χ4n) is 1.66. The number of halogens is 1. The van der Waals surface area contributed by atoms with Gasteiger partial charge < -0.3 is 0 Å². The van der Waals surface area contributed by atoms with Crippen LogP contribution in [0.1, 0.15) is 22.3 Å². The Bertz CT molecular complexity index is 607. The second kappa shape index (κ2) is 10.6. The molecule has 3 aromatic rings. The summed E-state index contributed by atoms with van der Waals surface area (Å²) in [5.41, 5.74) is 5.08. The maximum Gasteiger partial charge on any atom is 0.0435 e. The van der Waals surface area contributed by atoms with E-state index in [9.17, 15) is 0 Å². The second-order valence-corrected chi connectivity index (χ2v) is 5.77. The van der Waals surface area contributed by atoms with Crippen LogP contribution in [0, 0.1) is 27.7 Å². The Morgan fingerprint density at radius 1 is 0.652 bits per heavy atom. The van der Waals surface area contributed by atoms with E-state index in [1.807, 2.05) is 56.4 Å². The van der Waals surface area contributed by atoms with Crippen molar-refractivity contribution in [3.8, 4) is 0 Å². The molecule has 2 heteroatoms. The first kappa shape index (κ1) is 18.9. The normalized spacial score (nSPS) is 9.09. The summed E-state index contributed by atoms with van der Waals surface area (Å²) in [5, 5.41) is 0.840. The fraction of sp³-hybridized carbons (Fsp3) is 0.190. The highest BCUT2D eigenvalue weighted by molar-refractivity contribution is 6.31. The van der Waals surface area contributed by atoms with Crippen molar-refractivity contribution < 1.29 is 0 Å². The number of benzene rings is 2. The van der Waals surface area contributed by atoms with Gasteiger partial charge in [-0.25, -0.2) is 0 Å². The maximum atomic E-state index is 5.71. The van der Waals surface area contributed by atoms with E-state index in [4.69, 9.17) is 11.6 Å².